The van der Waals surface area contributed by atoms with Gasteiger partial charge in [-0.1, -0.05) is 40.5 Å². The number of halogens is 2. The summed E-state index contributed by atoms with van der Waals surface area (Å²) < 4.78 is 5.32. The van der Waals surface area contributed by atoms with Crippen molar-refractivity contribution in [3.63, 3.8) is 0 Å². The third kappa shape index (κ3) is 4.22. The van der Waals surface area contributed by atoms with Crippen LogP contribution in [-0.2, 0) is 0 Å². The average Bonchev–Trinajstić information content (AvgIpc) is 3.15. The number of hydrogen-bond acceptors (Lipinski definition) is 6. The molecular weight excluding hydrogens is 443 g/mol. The van der Waals surface area contributed by atoms with E-state index in [0.717, 1.165) is 5.56 Å². The molecule has 10 heteroatoms. The lowest BCUT2D eigenvalue weighted by Gasteiger charge is -2.36. The Labute approximate surface area is 188 Å². The fourth-order valence-electron chi connectivity index (χ4n) is 3.60. The summed E-state index contributed by atoms with van der Waals surface area (Å²) in [5.41, 5.74) is 2.33. The van der Waals surface area contributed by atoms with Crippen molar-refractivity contribution < 1.29 is 14.2 Å². The van der Waals surface area contributed by atoms with E-state index in [2.05, 4.69) is 5.16 Å². The summed E-state index contributed by atoms with van der Waals surface area (Å²) >= 11 is 12.2. The van der Waals surface area contributed by atoms with Crippen molar-refractivity contribution in [1.29, 1.82) is 0 Å². The van der Waals surface area contributed by atoms with E-state index >= 15 is 0 Å². The van der Waals surface area contributed by atoms with Crippen molar-refractivity contribution in [2.45, 2.75) is 6.92 Å². The van der Waals surface area contributed by atoms with Crippen LogP contribution in [0.15, 0.2) is 47.0 Å². The monoisotopic (exact) mass is 460 g/mol. The van der Waals surface area contributed by atoms with Crippen molar-refractivity contribution >= 4 is 40.5 Å². The number of carbonyl (C=O) groups excluding carboxylic acids is 1. The van der Waals surface area contributed by atoms with Crippen LogP contribution < -0.4 is 4.90 Å². The van der Waals surface area contributed by atoms with Gasteiger partial charge in [0.25, 0.3) is 11.6 Å². The Morgan fingerprint density at radius 1 is 1.10 bits per heavy atom. The Morgan fingerprint density at radius 2 is 1.77 bits per heavy atom. The Morgan fingerprint density at radius 3 is 2.39 bits per heavy atom. The number of hydrogen-bond donors (Lipinski definition) is 0. The zero-order chi connectivity index (χ0) is 22.1. The van der Waals surface area contributed by atoms with Gasteiger partial charge in [0.2, 0.25) is 0 Å². The molecule has 0 unspecified atom stereocenters. The molecule has 1 saturated heterocycles. The molecule has 1 fully saturated rings. The van der Waals surface area contributed by atoms with Crippen LogP contribution in [0.2, 0.25) is 10.0 Å². The molecule has 0 saturated carbocycles. The van der Waals surface area contributed by atoms with E-state index in [1.54, 1.807) is 42.2 Å². The Bertz CT molecular complexity index is 1140. The van der Waals surface area contributed by atoms with E-state index in [-0.39, 0.29) is 11.6 Å². The van der Waals surface area contributed by atoms with Crippen LogP contribution >= 0.6 is 23.2 Å². The molecule has 2 heterocycles. The van der Waals surface area contributed by atoms with Crippen LogP contribution in [0.3, 0.4) is 0 Å². The number of nitro groups is 1. The minimum absolute atomic E-state index is 0.0553. The molecule has 1 amide bonds. The van der Waals surface area contributed by atoms with Gasteiger partial charge in [0.15, 0.2) is 0 Å². The van der Waals surface area contributed by atoms with Crippen molar-refractivity contribution in [1.82, 2.24) is 10.1 Å². The second-order valence-corrected chi connectivity index (χ2v) is 7.98. The van der Waals surface area contributed by atoms with Gasteiger partial charge in [0, 0.05) is 48.9 Å². The first-order valence-corrected chi connectivity index (χ1v) is 10.3. The number of aromatic nitrogens is 1. The highest BCUT2D eigenvalue weighted by molar-refractivity contribution is 6.33. The van der Waals surface area contributed by atoms with Crippen LogP contribution in [0, 0.1) is 17.0 Å². The first-order chi connectivity index (χ1) is 14.8. The molecule has 0 radical (unpaired) electrons. The number of carbonyl (C=O) groups is 1. The van der Waals surface area contributed by atoms with E-state index in [1.807, 2.05) is 4.90 Å². The summed E-state index contributed by atoms with van der Waals surface area (Å²) in [5.74, 6) is 0.300. The van der Waals surface area contributed by atoms with Crippen molar-refractivity contribution in [3.8, 4) is 11.3 Å². The Kier molecular flexibility index (Phi) is 5.84. The lowest BCUT2D eigenvalue weighted by Crippen LogP contribution is -2.49. The molecule has 31 heavy (non-hydrogen) atoms. The fourth-order valence-corrected chi connectivity index (χ4v) is 4.02. The molecule has 0 spiro atoms. The summed E-state index contributed by atoms with van der Waals surface area (Å²) in [5, 5.41) is 15.9. The lowest BCUT2D eigenvalue weighted by molar-refractivity contribution is -0.384. The van der Waals surface area contributed by atoms with Gasteiger partial charge in [-0.3, -0.25) is 14.9 Å². The van der Waals surface area contributed by atoms with Gasteiger partial charge in [-0.05, 0) is 25.1 Å². The molecule has 0 atom stereocenters. The Balaban J connectivity index is 1.50. The highest BCUT2D eigenvalue weighted by Crippen LogP contribution is 2.32. The van der Waals surface area contributed by atoms with E-state index < -0.39 is 4.92 Å². The molecule has 0 bridgehead atoms. The maximum atomic E-state index is 13.3. The van der Waals surface area contributed by atoms with Crippen LogP contribution in [0.25, 0.3) is 11.3 Å². The number of amides is 1. The molecule has 1 aliphatic rings. The second-order valence-electron chi connectivity index (χ2n) is 7.14. The SMILES string of the molecule is Cc1onc(-c2ccc(Cl)cc2)c1C(=O)N1CCN(c2ccc([N+](=O)[O-])cc2Cl)CC1. The van der Waals surface area contributed by atoms with E-state index in [0.29, 0.717) is 58.9 Å². The number of anilines is 1. The third-order valence-corrected chi connectivity index (χ3v) is 5.80. The molecule has 0 aliphatic carbocycles. The number of benzene rings is 2. The maximum absolute atomic E-state index is 13.3. The minimum atomic E-state index is -0.480. The minimum Gasteiger partial charge on any atom is -0.367 e. The van der Waals surface area contributed by atoms with Gasteiger partial charge in [-0.2, -0.15) is 0 Å². The van der Waals surface area contributed by atoms with Crippen LogP contribution in [-0.4, -0.2) is 47.1 Å². The van der Waals surface area contributed by atoms with Crippen LogP contribution in [0.1, 0.15) is 16.1 Å². The van der Waals surface area contributed by atoms with Gasteiger partial charge in [0.1, 0.15) is 17.0 Å². The fraction of sp³-hybridized carbons (Fsp3) is 0.238. The summed E-state index contributed by atoms with van der Waals surface area (Å²) in [6.45, 7) is 3.74. The highest BCUT2D eigenvalue weighted by Gasteiger charge is 2.29. The molecule has 1 aliphatic heterocycles. The number of nitrogens with zero attached hydrogens (tertiary/aromatic N) is 4. The topological polar surface area (TPSA) is 92.7 Å². The van der Waals surface area contributed by atoms with Gasteiger partial charge in [0.05, 0.1) is 15.6 Å². The van der Waals surface area contributed by atoms with E-state index in [4.69, 9.17) is 27.7 Å². The Hall–Kier alpha value is -3.10. The largest absolute Gasteiger partial charge is 0.367 e. The van der Waals surface area contributed by atoms with Crippen molar-refractivity contribution in [2.24, 2.45) is 0 Å². The summed E-state index contributed by atoms with van der Waals surface area (Å²) in [4.78, 5) is 27.4. The maximum Gasteiger partial charge on any atom is 0.271 e. The number of non-ortho nitro benzene ring substituents is 1. The first-order valence-electron chi connectivity index (χ1n) is 9.55. The summed E-state index contributed by atoms with van der Waals surface area (Å²) in [7, 11) is 0. The molecular formula is C21H18Cl2N4O4. The standard InChI is InChI=1S/C21H18Cl2N4O4/c1-13-19(20(24-31-13)14-2-4-15(22)5-3-14)21(28)26-10-8-25(9-11-26)18-7-6-16(27(29)30)12-17(18)23/h2-7,12H,8-11H2,1H3. The van der Waals surface area contributed by atoms with Gasteiger partial charge < -0.3 is 14.3 Å². The first kappa shape index (κ1) is 21.1. The number of nitro benzene ring substituents is 1. The molecule has 2 aromatic carbocycles. The molecule has 1 aromatic heterocycles. The predicted molar refractivity (Wildman–Crippen MR) is 118 cm³/mol. The third-order valence-electron chi connectivity index (χ3n) is 5.24. The van der Waals surface area contributed by atoms with E-state index in [1.165, 1.54) is 12.1 Å². The van der Waals surface area contributed by atoms with Crippen LogP contribution in [0.5, 0.6) is 0 Å². The quantitative estimate of drug-likeness (QED) is 0.408. The van der Waals surface area contributed by atoms with Gasteiger partial charge in [-0.25, -0.2) is 0 Å². The lowest BCUT2D eigenvalue weighted by atomic mass is 10.0. The van der Waals surface area contributed by atoms with Crippen molar-refractivity contribution in [2.75, 3.05) is 31.1 Å². The number of aryl methyl sites for hydroxylation is 1. The van der Waals surface area contributed by atoms with Gasteiger partial charge >= 0.3 is 0 Å². The van der Waals surface area contributed by atoms with Gasteiger partial charge in [-0.15, -0.1) is 0 Å². The van der Waals surface area contributed by atoms with Crippen molar-refractivity contribution in [3.05, 3.63) is 73.9 Å². The predicted octanol–water partition coefficient (Wildman–Crippen LogP) is 4.83. The molecule has 8 nitrogen and oxygen atoms in total. The zero-order valence-electron chi connectivity index (χ0n) is 16.5. The van der Waals surface area contributed by atoms with E-state index in [9.17, 15) is 14.9 Å². The van der Waals surface area contributed by atoms with Crippen LogP contribution in [0.4, 0.5) is 11.4 Å². The molecule has 4 rings (SSSR count). The summed E-state index contributed by atoms with van der Waals surface area (Å²) in [6, 6.07) is 11.5. The number of rotatable bonds is 4. The summed E-state index contributed by atoms with van der Waals surface area (Å²) in [6.07, 6.45) is 0. The smallest absolute Gasteiger partial charge is 0.271 e. The molecule has 0 N–H and O–H groups in total. The second kappa shape index (κ2) is 8.56. The normalized spacial score (nSPS) is 14.0. The molecule has 160 valence electrons. The molecule has 3 aromatic rings. The highest BCUT2D eigenvalue weighted by atomic mass is 35.5. The zero-order valence-corrected chi connectivity index (χ0v) is 18.1. The average molecular weight is 461 g/mol. The number of piperazine rings is 1.